The zero-order chi connectivity index (χ0) is 36.8. The number of carbonyl (C=O) groups is 5. The van der Waals surface area contributed by atoms with Gasteiger partial charge in [0.05, 0.1) is 30.7 Å². The van der Waals surface area contributed by atoms with Crippen molar-refractivity contribution in [2.45, 2.75) is 128 Å². The number of ketones is 3. The van der Waals surface area contributed by atoms with E-state index in [9.17, 15) is 24.0 Å². The van der Waals surface area contributed by atoms with Gasteiger partial charge in [-0.3, -0.25) is 24.0 Å². The lowest BCUT2D eigenvalue weighted by Crippen LogP contribution is -2.69. The maximum atomic E-state index is 14.2. The van der Waals surface area contributed by atoms with E-state index in [0.29, 0.717) is 74.5 Å². The number of Topliss-reactive ketones (excluding diaryl/α,β-unsaturated/α-hetero) is 3. The number of carbonyl (C=O) groups excluding carboxylic acids is 5. The first-order chi connectivity index (χ1) is 25.1. The van der Waals surface area contributed by atoms with E-state index in [1.54, 1.807) is 0 Å². The summed E-state index contributed by atoms with van der Waals surface area (Å²) >= 11 is 0. The molecule has 0 aromatic rings. The Labute approximate surface area is 312 Å². The first kappa shape index (κ1) is 35.3. The summed E-state index contributed by atoms with van der Waals surface area (Å²) in [6.07, 6.45) is 11.6. The van der Waals surface area contributed by atoms with Gasteiger partial charge < -0.3 is 23.7 Å². The highest BCUT2D eigenvalue weighted by molar-refractivity contribution is 5.93. The van der Waals surface area contributed by atoms with Gasteiger partial charge in [-0.25, -0.2) is 0 Å². The Morgan fingerprint density at radius 2 is 1.08 bits per heavy atom. The highest BCUT2D eigenvalue weighted by atomic mass is 16.7. The summed E-state index contributed by atoms with van der Waals surface area (Å²) in [4.78, 5) is 67.7. The van der Waals surface area contributed by atoms with Gasteiger partial charge in [0, 0.05) is 40.9 Å². The molecule has 10 heteroatoms. The van der Waals surface area contributed by atoms with Gasteiger partial charge >= 0.3 is 11.9 Å². The Morgan fingerprint density at radius 3 is 1.60 bits per heavy atom. The summed E-state index contributed by atoms with van der Waals surface area (Å²) in [7, 11) is 0. The van der Waals surface area contributed by atoms with Crippen LogP contribution in [0.3, 0.4) is 0 Å². The molecule has 12 saturated carbocycles. The van der Waals surface area contributed by atoms with Crippen molar-refractivity contribution < 1.29 is 47.7 Å². The maximum Gasteiger partial charge on any atom is 0.312 e. The van der Waals surface area contributed by atoms with Gasteiger partial charge in [-0.05, 0) is 119 Å². The average Bonchev–Trinajstić information content (AvgIpc) is 3.11. The molecule has 6 unspecified atom stereocenters. The first-order valence-electron chi connectivity index (χ1n) is 21.0. The summed E-state index contributed by atoms with van der Waals surface area (Å²) in [5, 5.41) is 0. The van der Waals surface area contributed by atoms with Crippen molar-refractivity contribution in [3.8, 4) is 0 Å². The molecule has 13 aliphatic rings. The van der Waals surface area contributed by atoms with E-state index in [1.807, 2.05) is 0 Å². The largest absolute Gasteiger partial charge is 0.465 e. The zero-order valence-electron chi connectivity index (χ0n) is 31.9. The number of hydrogen-bond acceptors (Lipinski definition) is 10. The fraction of sp³-hybridized carbons (Fsp3) is 0.884. The van der Waals surface area contributed by atoms with Gasteiger partial charge in [0.25, 0.3) is 0 Å². The van der Waals surface area contributed by atoms with Crippen LogP contribution in [0.25, 0.3) is 0 Å². The summed E-state index contributed by atoms with van der Waals surface area (Å²) < 4.78 is 32.6. The Balaban J connectivity index is 0.868. The molecular weight excluding hydrogens is 676 g/mol. The molecule has 1 spiro atoms. The zero-order valence-corrected chi connectivity index (χ0v) is 31.9. The van der Waals surface area contributed by atoms with Crippen molar-refractivity contribution in [1.82, 2.24) is 0 Å². The summed E-state index contributed by atoms with van der Waals surface area (Å²) in [6, 6.07) is 0. The van der Waals surface area contributed by atoms with Crippen LogP contribution >= 0.6 is 0 Å². The second kappa shape index (κ2) is 11.7. The number of hydrogen-bond donors (Lipinski definition) is 0. The minimum absolute atomic E-state index is 0.0144. The molecule has 0 aromatic carbocycles. The van der Waals surface area contributed by atoms with Crippen LogP contribution in [0.15, 0.2) is 0 Å². The van der Waals surface area contributed by atoms with Crippen molar-refractivity contribution >= 4 is 29.3 Å². The molecule has 10 nitrogen and oxygen atoms in total. The highest BCUT2D eigenvalue weighted by Gasteiger charge is 2.69. The molecule has 12 aliphatic carbocycles. The summed E-state index contributed by atoms with van der Waals surface area (Å²) in [5.41, 5.74) is -2.95. The third kappa shape index (κ3) is 5.43. The van der Waals surface area contributed by atoms with Gasteiger partial charge in [0.1, 0.15) is 30.4 Å². The van der Waals surface area contributed by atoms with E-state index in [0.717, 1.165) is 57.8 Å². The molecule has 1 heterocycles. The van der Waals surface area contributed by atoms with Crippen molar-refractivity contribution in [2.24, 2.45) is 74.9 Å². The molecule has 0 radical (unpaired) electrons. The smallest absolute Gasteiger partial charge is 0.312 e. The van der Waals surface area contributed by atoms with Crippen molar-refractivity contribution in [2.75, 3.05) is 33.0 Å². The predicted molar refractivity (Wildman–Crippen MR) is 188 cm³/mol. The van der Waals surface area contributed by atoms with Gasteiger partial charge in [-0.1, -0.05) is 20.8 Å². The van der Waals surface area contributed by atoms with Crippen LogP contribution in [-0.2, 0) is 47.7 Å². The van der Waals surface area contributed by atoms with Crippen LogP contribution in [0.2, 0.25) is 0 Å². The molecule has 13 rings (SSSR count). The molecular formula is C43H58O10. The Hall–Kier alpha value is -2.17. The average molecular weight is 735 g/mol. The number of rotatable bonds is 9. The van der Waals surface area contributed by atoms with E-state index in [1.165, 1.54) is 0 Å². The van der Waals surface area contributed by atoms with Crippen LogP contribution in [0.5, 0.6) is 0 Å². The normalized spacial score (nSPS) is 49.9. The second-order valence-electron chi connectivity index (χ2n) is 21.6. The molecule has 53 heavy (non-hydrogen) atoms. The minimum Gasteiger partial charge on any atom is -0.465 e. The molecule has 0 aromatic heterocycles. The molecule has 0 amide bonds. The van der Waals surface area contributed by atoms with Crippen molar-refractivity contribution in [3.63, 3.8) is 0 Å². The maximum absolute atomic E-state index is 14.2. The standard InChI is InChI=1S/C43H58O10/c1-38(2,3)20-49-37(48)41-12-26-8-31(17-41)43(32(9-26)18-41)52-22-42(23-53-43,21-50-36(47)40-11-25-6-29(15-40)35(46)30(7-25)16-40)51-19-33(44)39-10-24-4-27(13-39)34(45)28(5-24)14-39/h24-32H,4-23H2,1-3H3. The molecule has 13 fully saturated rings. The lowest BCUT2D eigenvalue weighted by atomic mass is 9.47. The molecule has 290 valence electrons. The molecule has 0 N–H and O–H groups in total. The number of ether oxygens (including phenoxy) is 5. The van der Waals surface area contributed by atoms with Gasteiger partial charge in [-0.2, -0.15) is 0 Å². The van der Waals surface area contributed by atoms with E-state index in [4.69, 9.17) is 23.7 Å². The Bertz CT molecular complexity index is 1490. The van der Waals surface area contributed by atoms with E-state index >= 15 is 0 Å². The SMILES string of the molecule is CC(C)(C)COC(=O)C12CC3CC(C1)C1(OCC(COC(=O)C45CC6CC(C4)C(=O)C(C6)C5)(OCC(=O)C45CC6CC(C4)C(=O)C(C6)C5)CO1)C(C3)C2. The first-order valence-corrected chi connectivity index (χ1v) is 21.0. The van der Waals surface area contributed by atoms with Crippen LogP contribution in [0.1, 0.15) is 117 Å². The topological polar surface area (TPSA) is 132 Å². The fourth-order valence-corrected chi connectivity index (χ4v) is 14.7. The molecule has 12 bridgehead atoms. The lowest BCUT2D eigenvalue weighted by molar-refractivity contribution is -0.398. The number of esters is 2. The fourth-order valence-electron chi connectivity index (χ4n) is 14.7. The lowest BCUT2D eigenvalue weighted by Gasteiger charge is -2.64. The van der Waals surface area contributed by atoms with Crippen LogP contribution in [0, 0.1) is 74.9 Å². The van der Waals surface area contributed by atoms with Crippen LogP contribution in [0.4, 0.5) is 0 Å². The van der Waals surface area contributed by atoms with Crippen molar-refractivity contribution in [3.05, 3.63) is 0 Å². The Kier molecular flexibility index (Phi) is 7.77. The van der Waals surface area contributed by atoms with Crippen LogP contribution < -0.4 is 0 Å². The van der Waals surface area contributed by atoms with Gasteiger partial charge in [-0.15, -0.1) is 0 Å². The summed E-state index contributed by atoms with van der Waals surface area (Å²) in [5.74, 6) is 0.698. The Morgan fingerprint density at radius 1 is 0.623 bits per heavy atom. The van der Waals surface area contributed by atoms with E-state index in [2.05, 4.69) is 20.8 Å². The quantitative estimate of drug-likeness (QED) is 0.268. The monoisotopic (exact) mass is 734 g/mol. The predicted octanol–water partition coefficient (Wildman–Crippen LogP) is 5.80. The molecule has 6 atom stereocenters. The van der Waals surface area contributed by atoms with E-state index in [-0.39, 0.29) is 85.1 Å². The van der Waals surface area contributed by atoms with Gasteiger partial charge in [0.15, 0.2) is 11.6 Å². The molecule has 1 aliphatic heterocycles. The van der Waals surface area contributed by atoms with Gasteiger partial charge in [0.2, 0.25) is 0 Å². The van der Waals surface area contributed by atoms with Crippen molar-refractivity contribution in [1.29, 1.82) is 0 Å². The summed E-state index contributed by atoms with van der Waals surface area (Å²) in [6.45, 7) is 6.62. The highest BCUT2D eigenvalue weighted by Crippen LogP contribution is 2.66. The van der Waals surface area contributed by atoms with Crippen LogP contribution in [-0.4, -0.2) is 73.7 Å². The van der Waals surface area contributed by atoms with E-state index < -0.39 is 27.6 Å². The third-order valence-electron chi connectivity index (χ3n) is 16.5. The minimum atomic E-state index is -1.18. The molecule has 1 saturated heterocycles. The third-order valence-corrected chi connectivity index (χ3v) is 16.5. The second-order valence-corrected chi connectivity index (χ2v) is 21.6.